The van der Waals surface area contributed by atoms with Crippen molar-refractivity contribution in [1.82, 2.24) is 24.8 Å². The topological polar surface area (TPSA) is 137 Å². The molecule has 0 radical (unpaired) electrons. The smallest absolute Gasteiger partial charge is 0.226 e. The van der Waals surface area contributed by atoms with E-state index < -0.39 is 30.2 Å². The van der Waals surface area contributed by atoms with E-state index in [4.69, 9.17) is 32.9 Å². The van der Waals surface area contributed by atoms with Crippen LogP contribution in [0, 0.1) is 29.0 Å². The molecule has 3 aromatic heterocycles. The Balaban J connectivity index is 1.32. The van der Waals surface area contributed by atoms with Crippen LogP contribution in [0.3, 0.4) is 0 Å². The second-order valence-electron chi connectivity index (χ2n) is 14.8. The lowest BCUT2D eigenvalue weighted by molar-refractivity contribution is -0.134. The third kappa shape index (κ3) is 5.57. The Morgan fingerprint density at radius 2 is 2.02 bits per heavy atom. The molecule has 7 atom stereocenters. The number of rotatable bonds is 9. The number of fused-ring (bicyclic) bond motifs is 4. The molecule has 1 amide bonds. The summed E-state index contributed by atoms with van der Waals surface area (Å²) in [6, 6.07) is 15.6. The summed E-state index contributed by atoms with van der Waals surface area (Å²) in [4.78, 5) is 24.9. The average molecular weight is 756 g/mol. The van der Waals surface area contributed by atoms with E-state index >= 15 is 4.39 Å². The van der Waals surface area contributed by atoms with Gasteiger partial charge in [0.1, 0.15) is 23.8 Å². The fraction of sp³-hybridized carbons (Fsp3) is 0.400. The van der Waals surface area contributed by atoms with E-state index in [0.29, 0.717) is 39.0 Å². The van der Waals surface area contributed by atoms with Gasteiger partial charge in [0.05, 0.1) is 46.0 Å². The van der Waals surface area contributed by atoms with Gasteiger partial charge in [0.25, 0.3) is 0 Å². The van der Waals surface area contributed by atoms with Crippen LogP contribution in [0.25, 0.3) is 32.9 Å². The van der Waals surface area contributed by atoms with Gasteiger partial charge >= 0.3 is 0 Å². The Morgan fingerprint density at radius 1 is 1.19 bits per heavy atom. The highest BCUT2D eigenvalue weighted by molar-refractivity contribution is 6.43. The molecule has 10 nitrogen and oxygen atoms in total. The minimum absolute atomic E-state index is 0.0416. The van der Waals surface area contributed by atoms with Crippen LogP contribution in [0.5, 0.6) is 5.88 Å². The molecule has 5 aromatic rings. The van der Waals surface area contributed by atoms with E-state index in [-0.39, 0.29) is 76.0 Å². The number of hydrogen-bond acceptors (Lipinski definition) is 8. The number of benzene rings is 2. The van der Waals surface area contributed by atoms with Gasteiger partial charge in [-0.25, -0.2) is 14.4 Å². The number of aryl methyl sites for hydroxylation is 1. The predicted molar refractivity (Wildman–Crippen MR) is 198 cm³/mol. The summed E-state index contributed by atoms with van der Waals surface area (Å²) < 4.78 is 25.8. The van der Waals surface area contributed by atoms with Crippen LogP contribution < -0.4 is 10.1 Å². The second-order valence-corrected chi connectivity index (χ2v) is 15.6. The Labute approximate surface area is 315 Å². The van der Waals surface area contributed by atoms with Gasteiger partial charge < -0.3 is 29.7 Å². The van der Waals surface area contributed by atoms with E-state index in [1.807, 2.05) is 12.1 Å². The number of nitrogens with zero attached hydrogens (tertiary/aromatic N) is 5. The lowest BCUT2D eigenvalue weighted by atomic mass is 9.79. The molecule has 0 unspecified atom stereocenters. The summed E-state index contributed by atoms with van der Waals surface area (Å²) in [5, 5.41) is 38.2. The van der Waals surface area contributed by atoms with Crippen LogP contribution in [0.2, 0.25) is 10.0 Å². The standard InChI is InChI=1S/C40H37Cl2FN6O4/c1-19(50)34-25-16-28(38-39(51)29(53-30-9-2-3-13-45-30)18-48(38)40(52)20-10-11-20)49(36-22-15-27(36)46-17-22)37(25)24-14-21(6-5-12-44)31(33(43)35(24)47-34)23-7-4-8-26(41)32(23)42/h2-4,7-9,13-14,16,19-20,22,27,29,36,38-39,46,50-51H,5-6,10-11,15,17-18H2,1H3/t19-,22-,27-,29-,36+,38+,39-/m1/s1. The van der Waals surface area contributed by atoms with Crippen LogP contribution in [0.1, 0.15) is 67.7 Å². The van der Waals surface area contributed by atoms with Crippen LogP contribution in [-0.4, -0.2) is 66.9 Å². The van der Waals surface area contributed by atoms with Gasteiger partial charge in [-0.3, -0.25) is 4.79 Å². The predicted octanol–water partition coefficient (Wildman–Crippen LogP) is 6.84. The SMILES string of the molecule is C[C@@H](O)c1nc2c(F)c(-c3cccc(Cl)c3Cl)c(CCC#N)cc2c2c1cc([C@H]1[C@H](O)[C@H](Oc3ccccn3)CN1C(=O)C1CC1)n2[C@H]1[C@H]2CN[C@@H]1C2. The molecule has 5 aliphatic rings. The fourth-order valence-corrected chi connectivity index (χ4v) is 9.26. The van der Waals surface area contributed by atoms with Gasteiger partial charge in [-0.15, -0.1) is 0 Å². The van der Waals surface area contributed by atoms with Crippen molar-refractivity contribution in [2.45, 2.75) is 75.5 Å². The lowest BCUT2D eigenvalue weighted by Gasteiger charge is -2.39. The molecule has 2 aliphatic carbocycles. The molecule has 5 fully saturated rings. The van der Waals surface area contributed by atoms with Crippen molar-refractivity contribution in [1.29, 1.82) is 5.26 Å². The van der Waals surface area contributed by atoms with E-state index in [1.54, 1.807) is 54.4 Å². The number of pyridine rings is 2. The van der Waals surface area contributed by atoms with Crippen molar-refractivity contribution < 1.29 is 24.1 Å². The van der Waals surface area contributed by atoms with Crippen molar-refractivity contribution in [2.24, 2.45) is 11.8 Å². The largest absolute Gasteiger partial charge is 0.470 e. The van der Waals surface area contributed by atoms with Gasteiger partial charge in [0.2, 0.25) is 11.8 Å². The van der Waals surface area contributed by atoms with Gasteiger partial charge in [-0.05, 0) is 68.4 Å². The molecule has 272 valence electrons. The Hall–Kier alpha value is -4.31. The Bertz CT molecular complexity index is 2310. The molecule has 3 aliphatic heterocycles. The van der Waals surface area contributed by atoms with Crippen LogP contribution in [-0.2, 0) is 11.2 Å². The molecule has 13 heteroatoms. The van der Waals surface area contributed by atoms with E-state index in [2.05, 4.69) is 20.9 Å². The number of halogens is 3. The summed E-state index contributed by atoms with van der Waals surface area (Å²) >= 11 is 13.1. The quantitative estimate of drug-likeness (QED) is 0.149. The monoisotopic (exact) mass is 754 g/mol. The Kier molecular flexibility index (Phi) is 8.59. The molecule has 2 aromatic carbocycles. The van der Waals surface area contributed by atoms with Crippen molar-refractivity contribution in [3.05, 3.63) is 87.5 Å². The number of carbonyl (C=O) groups is 1. The summed E-state index contributed by atoms with van der Waals surface area (Å²) in [6.07, 6.45) is 1.54. The molecule has 6 heterocycles. The molecular formula is C40H37Cl2FN6O4. The van der Waals surface area contributed by atoms with Gasteiger partial charge in [0, 0.05) is 64.8 Å². The second kappa shape index (κ2) is 13.2. The minimum atomic E-state index is -1.12. The first-order valence-electron chi connectivity index (χ1n) is 18.1. The van der Waals surface area contributed by atoms with Crippen molar-refractivity contribution in [3.8, 4) is 23.1 Å². The van der Waals surface area contributed by atoms with Crippen molar-refractivity contribution >= 4 is 50.9 Å². The van der Waals surface area contributed by atoms with Gasteiger partial charge in [-0.1, -0.05) is 41.4 Å². The summed E-state index contributed by atoms with van der Waals surface area (Å²) in [5.74, 6) is -0.198. The molecule has 0 spiro atoms. The number of nitriles is 1. The third-order valence-electron chi connectivity index (χ3n) is 11.5. The third-order valence-corrected chi connectivity index (χ3v) is 12.3. The first-order valence-corrected chi connectivity index (χ1v) is 18.9. The number of ether oxygens (including phenoxy) is 1. The summed E-state index contributed by atoms with van der Waals surface area (Å²) in [6.45, 7) is 2.55. The summed E-state index contributed by atoms with van der Waals surface area (Å²) in [7, 11) is 0. The fourth-order valence-electron chi connectivity index (χ4n) is 8.87. The molecule has 2 bridgehead atoms. The highest BCUT2D eigenvalue weighted by atomic mass is 35.5. The van der Waals surface area contributed by atoms with Gasteiger partial charge in [-0.2, -0.15) is 5.26 Å². The maximum absolute atomic E-state index is 17.3. The van der Waals surface area contributed by atoms with E-state index in [9.17, 15) is 20.3 Å². The van der Waals surface area contributed by atoms with Crippen molar-refractivity contribution in [2.75, 3.05) is 13.1 Å². The van der Waals surface area contributed by atoms with Crippen LogP contribution in [0.15, 0.2) is 54.7 Å². The molecule has 3 saturated heterocycles. The zero-order chi connectivity index (χ0) is 36.7. The molecule has 3 N–H and O–H groups in total. The summed E-state index contributed by atoms with van der Waals surface area (Å²) in [5.41, 5.74) is 2.79. The first kappa shape index (κ1) is 34.5. The number of aliphatic hydroxyl groups is 2. The number of hydrogen-bond donors (Lipinski definition) is 3. The number of nitrogens with one attached hydrogen (secondary N) is 1. The molecule has 10 rings (SSSR count). The number of amides is 1. The zero-order valence-electron chi connectivity index (χ0n) is 28.8. The Morgan fingerprint density at radius 3 is 2.70 bits per heavy atom. The number of likely N-dealkylation sites (tertiary alicyclic amines) is 1. The molecular weight excluding hydrogens is 718 g/mol. The van der Waals surface area contributed by atoms with E-state index in [0.717, 1.165) is 25.8 Å². The number of aromatic nitrogens is 3. The van der Waals surface area contributed by atoms with Crippen molar-refractivity contribution in [3.63, 3.8) is 0 Å². The molecule has 53 heavy (non-hydrogen) atoms. The maximum atomic E-state index is 17.3. The normalized spacial score (nSPS) is 25.5. The number of carbonyl (C=O) groups excluding carboxylic acids is 1. The highest BCUT2D eigenvalue weighted by Crippen LogP contribution is 2.52. The van der Waals surface area contributed by atoms with Crippen LogP contribution in [0.4, 0.5) is 4.39 Å². The lowest BCUT2D eigenvalue weighted by Crippen LogP contribution is -2.42. The zero-order valence-corrected chi connectivity index (χ0v) is 30.4. The molecule has 2 saturated carbocycles. The van der Waals surface area contributed by atoms with Crippen LogP contribution >= 0.6 is 23.2 Å². The van der Waals surface area contributed by atoms with E-state index in [1.165, 1.54) is 0 Å². The highest BCUT2D eigenvalue weighted by Gasteiger charge is 2.53. The average Bonchev–Trinajstić information content (AvgIpc) is 3.40. The number of aliphatic hydroxyl groups excluding tert-OH is 2. The first-order chi connectivity index (χ1) is 25.7. The maximum Gasteiger partial charge on any atom is 0.226 e. The van der Waals surface area contributed by atoms with Gasteiger partial charge in [0.15, 0.2) is 5.82 Å². The minimum Gasteiger partial charge on any atom is -0.470 e.